The molecule has 7 heteroatoms. The Morgan fingerprint density at radius 1 is 1.16 bits per heavy atom. The van der Waals surface area contributed by atoms with Crippen molar-refractivity contribution in [2.24, 2.45) is 0 Å². The number of anilines is 1. The van der Waals surface area contributed by atoms with Crippen LogP contribution in [-0.4, -0.2) is 30.3 Å². The summed E-state index contributed by atoms with van der Waals surface area (Å²) in [7, 11) is -3.37. The van der Waals surface area contributed by atoms with Crippen LogP contribution < -0.4 is 5.32 Å². The van der Waals surface area contributed by atoms with Crippen LogP contribution in [0, 0.1) is 0 Å². The monoisotopic (exact) mass is 360 g/mol. The maximum Gasteiger partial charge on any atom is 0.272 e. The van der Waals surface area contributed by atoms with Crippen molar-refractivity contribution in [3.63, 3.8) is 0 Å². The molecule has 0 saturated heterocycles. The first kappa shape index (κ1) is 17.4. The number of hydrogen-bond donors (Lipinski definition) is 2. The van der Waals surface area contributed by atoms with Gasteiger partial charge < -0.3 is 10.3 Å². The average molecular weight is 360 g/mol. The summed E-state index contributed by atoms with van der Waals surface area (Å²) in [6.07, 6.45) is 4.72. The Morgan fingerprint density at radius 3 is 2.52 bits per heavy atom. The summed E-state index contributed by atoms with van der Waals surface area (Å²) < 4.78 is 25.3. The van der Waals surface area contributed by atoms with E-state index < -0.39 is 15.7 Å². The van der Waals surface area contributed by atoms with E-state index in [-0.39, 0.29) is 21.6 Å². The second-order valence-electron chi connectivity index (χ2n) is 6.29. The van der Waals surface area contributed by atoms with Crippen molar-refractivity contribution in [3.05, 3.63) is 47.8 Å². The summed E-state index contributed by atoms with van der Waals surface area (Å²) in [5.41, 5.74) is 1.07. The quantitative estimate of drug-likeness (QED) is 0.800. The maximum atomic E-state index is 12.7. The maximum absolute atomic E-state index is 12.7. The van der Waals surface area contributed by atoms with Crippen LogP contribution in [0.3, 0.4) is 0 Å². The zero-order valence-electron chi connectivity index (χ0n) is 13.9. The third kappa shape index (κ3) is 3.66. The number of hydrogen-bond acceptors (Lipinski definition) is 4. The van der Waals surface area contributed by atoms with Crippen LogP contribution in [0.25, 0.3) is 0 Å². The van der Waals surface area contributed by atoms with Gasteiger partial charge in [0.1, 0.15) is 5.69 Å². The van der Waals surface area contributed by atoms with Crippen molar-refractivity contribution in [1.29, 1.82) is 0 Å². The Hall–Kier alpha value is -2.41. The van der Waals surface area contributed by atoms with Gasteiger partial charge in [0, 0.05) is 17.4 Å². The van der Waals surface area contributed by atoms with Crippen molar-refractivity contribution in [3.8, 4) is 0 Å². The highest BCUT2D eigenvalue weighted by atomic mass is 32.2. The van der Waals surface area contributed by atoms with Crippen molar-refractivity contribution in [2.45, 2.75) is 42.8 Å². The molecule has 1 saturated carbocycles. The van der Waals surface area contributed by atoms with Crippen LogP contribution in [0.1, 0.15) is 53.5 Å². The van der Waals surface area contributed by atoms with E-state index in [1.54, 1.807) is 18.2 Å². The predicted octanol–water partition coefficient (Wildman–Crippen LogP) is 3.19. The smallest absolute Gasteiger partial charge is 0.272 e. The highest BCUT2D eigenvalue weighted by Gasteiger charge is 2.30. The molecule has 0 bridgehead atoms. The van der Waals surface area contributed by atoms with Gasteiger partial charge in [-0.15, -0.1) is 0 Å². The SMILES string of the molecule is CC(=O)c1c[nH]c(C(=O)Nc2cccc(S(=O)(=O)C3CCCC3)c2)c1. The first-order valence-electron chi connectivity index (χ1n) is 8.22. The molecule has 1 aliphatic carbocycles. The number of H-pyrrole nitrogens is 1. The van der Waals surface area contributed by atoms with E-state index in [0.717, 1.165) is 12.8 Å². The first-order chi connectivity index (χ1) is 11.9. The second-order valence-corrected chi connectivity index (χ2v) is 8.52. The van der Waals surface area contributed by atoms with Gasteiger partial charge in [-0.1, -0.05) is 18.9 Å². The summed E-state index contributed by atoms with van der Waals surface area (Å²) >= 11 is 0. The highest BCUT2D eigenvalue weighted by molar-refractivity contribution is 7.92. The third-order valence-corrected chi connectivity index (χ3v) is 6.76. The van der Waals surface area contributed by atoms with Crippen LogP contribution >= 0.6 is 0 Å². The lowest BCUT2D eigenvalue weighted by molar-refractivity contribution is 0.101. The van der Waals surface area contributed by atoms with E-state index in [0.29, 0.717) is 24.1 Å². The Bertz CT molecular complexity index is 909. The molecule has 1 fully saturated rings. The number of rotatable bonds is 5. The summed E-state index contributed by atoms with van der Waals surface area (Å²) in [6, 6.07) is 7.77. The summed E-state index contributed by atoms with van der Waals surface area (Å²) in [6.45, 7) is 1.42. The molecule has 0 atom stereocenters. The van der Waals surface area contributed by atoms with E-state index >= 15 is 0 Å². The van der Waals surface area contributed by atoms with Crippen LogP contribution in [0.2, 0.25) is 0 Å². The largest absolute Gasteiger partial charge is 0.356 e. The molecular weight excluding hydrogens is 340 g/mol. The fraction of sp³-hybridized carbons (Fsp3) is 0.333. The third-order valence-electron chi connectivity index (χ3n) is 4.50. The zero-order valence-corrected chi connectivity index (χ0v) is 14.7. The Kier molecular flexibility index (Phi) is 4.76. The first-order valence-corrected chi connectivity index (χ1v) is 9.77. The van der Waals surface area contributed by atoms with Gasteiger partial charge in [0.05, 0.1) is 10.1 Å². The lowest BCUT2D eigenvalue weighted by Crippen LogP contribution is -2.18. The number of nitrogens with one attached hydrogen (secondary N) is 2. The number of aromatic amines is 1. The molecule has 0 aliphatic heterocycles. The molecule has 2 N–H and O–H groups in total. The number of sulfone groups is 1. The molecule has 1 aromatic heterocycles. The number of aromatic nitrogens is 1. The topological polar surface area (TPSA) is 96.1 Å². The molecule has 1 aromatic carbocycles. The molecule has 0 radical (unpaired) electrons. The van der Waals surface area contributed by atoms with Gasteiger partial charge in [0.15, 0.2) is 15.6 Å². The summed E-state index contributed by atoms with van der Waals surface area (Å²) in [5, 5.41) is 2.33. The van der Waals surface area contributed by atoms with Crippen LogP contribution in [0.5, 0.6) is 0 Å². The number of carbonyl (C=O) groups excluding carboxylic acids is 2. The molecule has 1 amide bonds. The molecule has 25 heavy (non-hydrogen) atoms. The number of amides is 1. The van der Waals surface area contributed by atoms with Crippen LogP contribution in [0.4, 0.5) is 5.69 Å². The minimum absolute atomic E-state index is 0.139. The van der Waals surface area contributed by atoms with Crippen molar-refractivity contribution >= 4 is 27.2 Å². The van der Waals surface area contributed by atoms with Crippen LogP contribution in [0.15, 0.2) is 41.4 Å². The van der Waals surface area contributed by atoms with E-state index in [1.165, 1.54) is 25.3 Å². The number of ketones is 1. The Morgan fingerprint density at radius 2 is 1.88 bits per heavy atom. The summed E-state index contributed by atoms with van der Waals surface area (Å²) in [4.78, 5) is 26.5. The van der Waals surface area contributed by atoms with E-state index in [9.17, 15) is 18.0 Å². The minimum atomic E-state index is -3.37. The lowest BCUT2D eigenvalue weighted by atomic mass is 10.2. The predicted molar refractivity (Wildman–Crippen MR) is 94.6 cm³/mol. The molecule has 1 aliphatic rings. The Balaban J connectivity index is 1.79. The number of benzene rings is 1. The zero-order chi connectivity index (χ0) is 18.0. The van der Waals surface area contributed by atoms with Gasteiger partial charge in [0.2, 0.25) is 0 Å². The van der Waals surface area contributed by atoms with Gasteiger partial charge in [-0.05, 0) is 44.0 Å². The lowest BCUT2D eigenvalue weighted by Gasteiger charge is -2.12. The normalized spacial score (nSPS) is 15.2. The van der Waals surface area contributed by atoms with Gasteiger partial charge >= 0.3 is 0 Å². The number of carbonyl (C=O) groups is 2. The second kappa shape index (κ2) is 6.84. The van der Waals surface area contributed by atoms with Gasteiger partial charge in [0.25, 0.3) is 5.91 Å². The van der Waals surface area contributed by atoms with E-state index in [1.807, 2.05) is 0 Å². The minimum Gasteiger partial charge on any atom is -0.356 e. The fourth-order valence-corrected chi connectivity index (χ4v) is 4.97. The molecule has 1 heterocycles. The standard InChI is InChI=1S/C18H20N2O4S/c1-12(21)13-9-17(19-11-13)18(22)20-14-5-4-8-16(10-14)25(23,24)15-6-2-3-7-15/h4-5,8-11,15,19H,2-3,6-7H2,1H3,(H,20,22). The van der Waals surface area contributed by atoms with Gasteiger partial charge in [-0.25, -0.2) is 8.42 Å². The molecule has 3 rings (SSSR count). The molecule has 132 valence electrons. The van der Waals surface area contributed by atoms with Crippen molar-refractivity contribution in [1.82, 2.24) is 4.98 Å². The van der Waals surface area contributed by atoms with Crippen molar-refractivity contribution in [2.75, 3.05) is 5.32 Å². The van der Waals surface area contributed by atoms with Gasteiger partial charge in [-0.2, -0.15) is 0 Å². The van der Waals surface area contributed by atoms with Crippen LogP contribution in [-0.2, 0) is 9.84 Å². The van der Waals surface area contributed by atoms with E-state index in [4.69, 9.17) is 0 Å². The fourth-order valence-electron chi connectivity index (χ4n) is 3.07. The van der Waals surface area contributed by atoms with Crippen molar-refractivity contribution < 1.29 is 18.0 Å². The molecular formula is C18H20N2O4S. The van der Waals surface area contributed by atoms with Gasteiger partial charge in [-0.3, -0.25) is 9.59 Å². The Labute approximate surface area is 146 Å². The average Bonchev–Trinajstić information content (AvgIpc) is 3.27. The molecule has 0 unspecified atom stereocenters. The molecule has 0 spiro atoms. The molecule has 6 nitrogen and oxygen atoms in total. The number of Topliss-reactive ketones (excluding diaryl/α,β-unsaturated/α-hetero) is 1. The highest BCUT2D eigenvalue weighted by Crippen LogP contribution is 2.30. The summed E-state index contributed by atoms with van der Waals surface area (Å²) in [5.74, 6) is -0.567. The molecule has 2 aromatic rings. The van der Waals surface area contributed by atoms with E-state index in [2.05, 4.69) is 10.3 Å².